The van der Waals surface area contributed by atoms with Crippen LogP contribution in [0, 0.1) is 0 Å². The molecule has 0 bridgehead atoms. The molecular weight excluding hydrogens is 174 g/mol. The summed E-state index contributed by atoms with van der Waals surface area (Å²) >= 11 is 0. The van der Waals surface area contributed by atoms with Gasteiger partial charge in [-0.1, -0.05) is 44.2 Å². The normalized spacial score (nSPS) is 13.5. The van der Waals surface area contributed by atoms with E-state index in [-0.39, 0.29) is 7.33 Å². The van der Waals surface area contributed by atoms with Crippen LogP contribution < -0.4 is 5.32 Å². The van der Waals surface area contributed by atoms with Gasteiger partial charge >= 0.3 is 0 Å². The number of hydrogen-bond acceptors (Lipinski definition) is 1. The van der Waals surface area contributed by atoms with E-state index in [0.29, 0.717) is 6.54 Å². The molecule has 0 radical (unpaired) electrons. The molecule has 0 aliphatic heterocycles. The molecule has 0 heterocycles. The van der Waals surface area contributed by atoms with Crippen LogP contribution in [0.3, 0.4) is 0 Å². The maximum absolute atomic E-state index is 10.6. The van der Waals surface area contributed by atoms with Gasteiger partial charge in [-0.2, -0.15) is 0 Å². The van der Waals surface area contributed by atoms with Crippen molar-refractivity contribution in [3.63, 3.8) is 0 Å². The first kappa shape index (κ1) is 12.7. The summed E-state index contributed by atoms with van der Waals surface area (Å²) in [6.45, 7) is 6.15. The van der Waals surface area contributed by atoms with Gasteiger partial charge in [0.05, 0.1) is 0 Å². The summed E-state index contributed by atoms with van der Waals surface area (Å²) in [4.78, 5) is 10.6. The number of amides is 1. The molecule has 0 spiro atoms. The van der Waals surface area contributed by atoms with Crippen molar-refractivity contribution in [3.8, 4) is 0 Å². The second-order valence-corrected chi connectivity index (χ2v) is 2.72. The standard InChI is InChI=1S/C10H13NO.C2H6.H2/c1-9(12)11-8-10-6-4-2-3-5-7-10;1-2;/h2,4-7H,3,8H2,1H3,(H,11,12);1-2H3;1H. The first-order valence-corrected chi connectivity index (χ1v) is 5.06. The molecule has 0 aromatic rings. The van der Waals surface area contributed by atoms with E-state index in [1.54, 1.807) is 0 Å². The van der Waals surface area contributed by atoms with Gasteiger partial charge in [-0.25, -0.2) is 0 Å². The van der Waals surface area contributed by atoms with Crippen LogP contribution in [-0.4, -0.2) is 12.5 Å². The van der Waals surface area contributed by atoms with Gasteiger partial charge in [0.25, 0.3) is 0 Å². The van der Waals surface area contributed by atoms with Gasteiger partial charge in [0.2, 0.25) is 5.91 Å². The Bertz CT molecular complexity index is 254. The van der Waals surface area contributed by atoms with Crippen molar-refractivity contribution < 1.29 is 6.22 Å². The molecule has 1 N–H and O–H groups in total. The molecule has 2 heteroatoms. The maximum Gasteiger partial charge on any atom is 0.217 e. The SMILES string of the molecule is CC.CC(=O)NCC1=CC=CCC=C1.[HH]. The summed E-state index contributed by atoms with van der Waals surface area (Å²) in [6.07, 6.45) is 11.2. The van der Waals surface area contributed by atoms with Gasteiger partial charge in [-0.15, -0.1) is 0 Å². The topological polar surface area (TPSA) is 29.1 Å². The first-order chi connectivity index (χ1) is 6.79. The number of carbonyl (C=O) groups excluding carboxylic acids is 1. The van der Waals surface area contributed by atoms with Crippen molar-refractivity contribution in [1.29, 1.82) is 0 Å². The zero-order valence-electron chi connectivity index (χ0n) is 9.21. The molecule has 0 aromatic carbocycles. The van der Waals surface area contributed by atoms with Crippen molar-refractivity contribution in [2.24, 2.45) is 0 Å². The van der Waals surface area contributed by atoms with Crippen LogP contribution in [0.5, 0.6) is 0 Å². The minimum Gasteiger partial charge on any atom is -0.352 e. The molecule has 1 aliphatic rings. The lowest BCUT2D eigenvalue weighted by molar-refractivity contribution is -0.118. The fraction of sp³-hybridized carbons (Fsp3) is 0.417. The molecule has 1 aliphatic carbocycles. The van der Waals surface area contributed by atoms with E-state index in [0.717, 1.165) is 12.0 Å². The molecule has 0 unspecified atom stereocenters. The molecular formula is C12H21NO. The molecule has 0 saturated heterocycles. The number of allylic oxidation sites excluding steroid dienone is 4. The number of carbonyl (C=O) groups is 1. The zero-order valence-corrected chi connectivity index (χ0v) is 9.21. The van der Waals surface area contributed by atoms with Crippen LogP contribution in [0.2, 0.25) is 0 Å². The Morgan fingerprint density at radius 3 is 2.86 bits per heavy atom. The molecule has 14 heavy (non-hydrogen) atoms. The molecule has 2 nitrogen and oxygen atoms in total. The Morgan fingerprint density at radius 1 is 1.50 bits per heavy atom. The predicted octanol–water partition coefficient (Wildman–Crippen LogP) is 2.84. The molecule has 1 amide bonds. The van der Waals surface area contributed by atoms with Crippen LogP contribution in [0.15, 0.2) is 36.0 Å². The Morgan fingerprint density at radius 2 is 2.21 bits per heavy atom. The van der Waals surface area contributed by atoms with Crippen LogP contribution in [-0.2, 0) is 4.79 Å². The predicted molar refractivity (Wildman–Crippen MR) is 63.1 cm³/mol. The lowest BCUT2D eigenvalue weighted by Crippen LogP contribution is -2.21. The van der Waals surface area contributed by atoms with Crippen LogP contribution >= 0.6 is 0 Å². The quantitative estimate of drug-likeness (QED) is 0.721. The van der Waals surface area contributed by atoms with Gasteiger partial charge in [0.1, 0.15) is 0 Å². The second-order valence-electron chi connectivity index (χ2n) is 2.72. The van der Waals surface area contributed by atoms with Crippen LogP contribution in [0.1, 0.15) is 28.6 Å². The lowest BCUT2D eigenvalue weighted by Gasteiger charge is -2.00. The minimum absolute atomic E-state index is 0. The molecule has 0 aromatic heterocycles. The Labute approximate surface area is 87.9 Å². The third-order valence-electron chi connectivity index (χ3n) is 1.59. The Hall–Kier alpha value is -1.31. The zero-order chi connectivity index (χ0) is 10.8. The Balaban J connectivity index is 0. The molecule has 80 valence electrons. The van der Waals surface area contributed by atoms with Crippen molar-refractivity contribution in [1.82, 2.24) is 5.32 Å². The van der Waals surface area contributed by atoms with Crippen molar-refractivity contribution in [2.45, 2.75) is 27.2 Å². The van der Waals surface area contributed by atoms with E-state index in [9.17, 15) is 4.79 Å². The average Bonchev–Trinajstić information content (AvgIpc) is 2.46. The third kappa shape index (κ3) is 6.23. The third-order valence-corrected chi connectivity index (χ3v) is 1.59. The van der Waals surface area contributed by atoms with E-state index >= 15 is 0 Å². The largest absolute Gasteiger partial charge is 0.352 e. The highest BCUT2D eigenvalue weighted by Gasteiger charge is 1.94. The summed E-state index contributed by atoms with van der Waals surface area (Å²) in [7, 11) is 0. The lowest BCUT2D eigenvalue weighted by atomic mass is 10.2. The van der Waals surface area contributed by atoms with Gasteiger partial charge in [-0.3, -0.25) is 4.79 Å². The molecule has 0 saturated carbocycles. The highest BCUT2D eigenvalue weighted by Crippen LogP contribution is 2.02. The highest BCUT2D eigenvalue weighted by atomic mass is 16.1. The number of hydrogen-bond donors (Lipinski definition) is 1. The Kier molecular flexibility index (Phi) is 7.52. The van der Waals surface area contributed by atoms with E-state index in [1.807, 2.05) is 32.1 Å². The van der Waals surface area contributed by atoms with Gasteiger partial charge in [0.15, 0.2) is 0 Å². The van der Waals surface area contributed by atoms with Gasteiger partial charge in [0, 0.05) is 14.9 Å². The van der Waals surface area contributed by atoms with Crippen molar-refractivity contribution in [3.05, 3.63) is 36.0 Å². The van der Waals surface area contributed by atoms with E-state index in [2.05, 4.69) is 17.5 Å². The fourth-order valence-electron chi connectivity index (χ4n) is 0.968. The molecule has 0 fully saturated rings. The van der Waals surface area contributed by atoms with Crippen LogP contribution in [0.25, 0.3) is 0 Å². The van der Waals surface area contributed by atoms with Gasteiger partial charge < -0.3 is 5.32 Å². The van der Waals surface area contributed by atoms with Crippen LogP contribution in [0.4, 0.5) is 0 Å². The summed E-state index contributed by atoms with van der Waals surface area (Å²) < 4.78 is 0. The van der Waals surface area contributed by atoms with Crippen molar-refractivity contribution in [2.75, 3.05) is 6.54 Å². The van der Waals surface area contributed by atoms with Crippen molar-refractivity contribution >= 4 is 5.91 Å². The highest BCUT2D eigenvalue weighted by molar-refractivity contribution is 5.73. The summed E-state index contributed by atoms with van der Waals surface area (Å²) in [5.74, 6) is 0.0116. The van der Waals surface area contributed by atoms with E-state index < -0.39 is 0 Å². The van der Waals surface area contributed by atoms with Gasteiger partial charge in [-0.05, 0) is 12.0 Å². The molecule has 1 rings (SSSR count). The molecule has 0 atom stereocenters. The first-order valence-electron chi connectivity index (χ1n) is 5.06. The maximum atomic E-state index is 10.6. The average molecular weight is 195 g/mol. The monoisotopic (exact) mass is 195 g/mol. The fourth-order valence-corrected chi connectivity index (χ4v) is 0.968. The number of nitrogens with one attached hydrogen (secondary N) is 1. The summed E-state index contributed by atoms with van der Waals surface area (Å²) in [5, 5.41) is 2.75. The smallest absolute Gasteiger partial charge is 0.217 e. The minimum atomic E-state index is 0. The number of rotatable bonds is 2. The van der Waals surface area contributed by atoms with E-state index in [4.69, 9.17) is 0 Å². The van der Waals surface area contributed by atoms with E-state index in [1.165, 1.54) is 6.92 Å². The summed E-state index contributed by atoms with van der Waals surface area (Å²) in [5.41, 5.74) is 1.14. The second kappa shape index (κ2) is 8.30. The summed E-state index contributed by atoms with van der Waals surface area (Å²) in [6, 6.07) is 0.